The van der Waals surface area contributed by atoms with E-state index in [0.717, 1.165) is 26.2 Å². The van der Waals surface area contributed by atoms with Crippen molar-refractivity contribution in [3.05, 3.63) is 28.3 Å². The fourth-order valence-electron chi connectivity index (χ4n) is 3.33. The average molecular weight is 336 g/mol. The van der Waals surface area contributed by atoms with Crippen LogP contribution in [0.4, 0.5) is 11.4 Å². The Morgan fingerprint density at radius 3 is 2.67 bits per heavy atom. The van der Waals surface area contributed by atoms with Gasteiger partial charge in [0.25, 0.3) is 11.6 Å². The topological polar surface area (TPSA) is 90.3 Å². The molecular weight excluding hydrogens is 312 g/mol. The number of ether oxygens (including phenoxy) is 1. The van der Waals surface area contributed by atoms with Crippen LogP contribution in [-0.2, 0) is 4.79 Å². The lowest BCUT2D eigenvalue weighted by atomic mass is 10.1. The Morgan fingerprint density at radius 1 is 1.29 bits per heavy atom. The normalized spacial score (nSPS) is 26.2. The number of carbonyl (C=O) groups is 1. The molecular formula is C16H24N4O4+2. The van der Waals surface area contributed by atoms with Crippen molar-refractivity contribution in [2.45, 2.75) is 19.4 Å². The Labute approximate surface area is 140 Å². The first-order valence-corrected chi connectivity index (χ1v) is 8.50. The van der Waals surface area contributed by atoms with Gasteiger partial charge >= 0.3 is 0 Å². The molecule has 0 spiro atoms. The second-order valence-corrected chi connectivity index (χ2v) is 6.43. The van der Waals surface area contributed by atoms with Gasteiger partial charge in [-0.05, 0) is 13.0 Å². The van der Waals surface area contributed by atoms with Gasteiger partial charge in [0.2, 0.25) is 0 Å². The highest BCUT2D eigenvalue weighted by Crippen LogP contribution is 2.33. The molecule has 1 aromatic rings. The van der Waals surface area contributed by atoms with E-state index in [1.807, 2.05) is 0 Å². The van der Waals surface area contributed by atoms with Gasteiger partial charge < -0.3 is 19.9 Å². The summed E-state index contributed by atoms with van der Waals surface area (Å²) in [4.78, 5) is 25.7. The summed E-state index contributed by atoms with van der Waals surface area (Å²) < 4.78 is 5.73. The minimum Gasteiger partial charge on any atom is -0.478 e. The quantitative estimate of drug-likeness (QED) is 0.450. The van der Waals surface area contributed by atoms with Crippen LogP contribution in [-0.4, -0.2) is 56.2 Å². The molecule has 0 unspecified atom stereocenters. The van der Waals surface area contributed by atoms with E-state index in [4.69, 9.17) is 4.74 Å². The van der Waals surface area contributed by atoms with E-state index < -0.39 is 11.0 Å². The molecule has 1 saturated heterocycles. The number of amides is 1. The van der Waals surface area contributed by atoms with Crippen LogP contribution < -0.4 is 19.9 Å². The summed E-state index contributed by atoms with van der Waals surface area (Å²) in [7, 11) is 0. The van der Waals surface area contributed by atoms with Gasteiger partial charge in [0, 0.05) is 12.5 Å². The Balaban J connectivity index is 1.58. The van der Waals surface area contributed by atoms with Gasteiger partial charge in [0.15, 0.2) is 11.9 Å². The minimum atomic E-state index is -0.580. The molecule has 0 bridgehead atoms. The number of hydrogen-bond acceptors (Lipinski definition) is 4. The van der Waals surface area contributed by atoms with E-state index >= 15 is 0 Å². The fourth-order valence-corrected chi connectivity index (χ4v) is 3.33. The Hall–Kier alpha value is -2.19. The molecule has 130 valence electrons. The van der Waals surface area contributed by atoms with E-state index in [9.17, 15) is 14.9 Å². The summed E-state index contributed by atoms with van der Waals surface area (Å²) in [6, 6.07) is 4.25. The third kappa shape index (κ3) is 3.65. The third-order valence-electron chi connectivity index (χ3n) is 4.92. The summed E-state index contributed by atoms with van der Waals surface area (Å²) in [6.45, 7) is 8.80. The predicted molar refractivity (Wildman–Crippen MR) is 87.6 cm³/mol. The number of nitrogens with zero attached hydrogens (tertiary/aromatic N) is 1. The SMILES string of the molecule is CC[NH+]1CC[NH+](CC[C@@H]2Oc3cc([N+](=O)[O-])ccc3NC2=O)CC1. The van der Waals surface area contributed by atoms with Gasteiger partial charge in [0.1, 0.15) is 26.2 Å². The van der Waals surface area contributed by atoms with Crippen LogP contribution in [0.2, 0.25) is 0 Å². The van der Waals surface area contributed by atoms with Crippen LogP contribution >= 0.6 is 0 Å². The molecule has 2 aliphatic rings. The molecule has 1 amide bonds. The molecule has 0 radical (unpaired) electrons. The van der Waals surface area contributed by atoms with Crippen molar-refractivity contribution < 1.29 is 24.3 Å². The maximum absolute atomic E-state index is 12.2. The van der Waals surface area contributed by atoms with E-state index in [1.165, 1.54) is 36.2 Å². The number of nitro benzene ring substituents is 1. The van der Waals surface area contributed by atoms with Crippen LogP contribution in [0.25, 0.3) is 0 Å². The number of nitrogens with one attached hydrogen (secondary N) is 3. The van der Waals surface area contributed by atoms with Crippen molar-refractivity contribution >= 4 is 17.3 Å². The number of anilines is 1. The molecule has 0 saturated carbocycles. The standard InChI is InChI=1S/C16H22N4O4/c1-2-18-7-9-19(10-8-18)6-5-14-16(21)17-13-4-3-12(20(22)23)11-15(13)24-14/h3-4,11,14H,2,5-10H2,1H3,(H,17,21)/p+2/t14-/m0/s1. The minimum absolute atomic E-state index is 0.0343. The zero-order valence-corrected chi connectivity index (χ0v) is 13.8. The Bertz CT molecular complexity index is 629. The lowest BCUT2D eigenvalue weighted by Gasteiger charge is -2.31. The number of nitro groups is 1. The lowest BCUT2D eigenvalue weighted by Crippen LogP contribution is -3.28. The van der Waals surface area contributed by atoms with Crippen molar-refractivity contribution in [1.82, 2.24) is 0 Å². The molecule has 1 fully saturated rings. The second-order valence-electron chi connectivity index (χ2n) is 6.43. The van der Waals surface area contributed by atoms with Crippen molar-refractivity contribution in [2.24, 2.45) is 0 Å². The van der Waals surface area contributed by atoms with Crippen LogP contribution in [0.5, 0.6) is 5.75 Å². The molecule has 1 aromatic carbocycles. The van der Waals surface area contributed by atoms with E-state index in [-0.39, 0.29) is 11.6 Å². The van der Waals surface area contributed by atoms with Gasteiger partial charge in [0.05, 0.1) is 29.8 Å². The predicted octanol–water partition coefficient (Wildman–Crippen LogP) is -1.51. The number of fused-ring (bicyclic) bond motifs is 1. The zero-order valence-electron chi connectivity index (χ0n) is 13.8. The summed E-state index contributed by atoms with van der Waals surface area (Å²) in [6.07, 6.45) is 0.0358. The first kappa shape index (κ1) is 16.7. The number of quaternary nitrogens is 2. The summed E-state index contributed by atoms with van der Waals surface area (Å²) in [5.41, 5.74) is 0.460. The average Bonchev–Trinajstić information content (AvgIpc) is 2.60. The van der Waals surface area contributed by atoms with Gasteiger partial charge in [-0.1, -0.05) is 0 Å². The first-order valence-electron chi connectivity index (χ1n) is 8.50. The zero-order chi connectivity index (χ0) is 17.1. The van der Waals surface area contributed by atoms with Crippen LogP contribution in [0, 0.1) is 10.1 Å². The molecule has 3 rings (SSSR count). The maximum Gasteiger partial charge on any atom is 0.273 e. The number of benzene rings is 1. The molecule has 24 heavy (non-hydrogen) atoms. The number of rotatable bonds is 5. The van der Waals surface area contributed by atoms with Crippen LogP contribution in [0.3, 0.4) is 0 Å². The number of non-ortho nitro benzene ring substituents is 1. The fraction of sp³-hybridized carbons (Fsp3) is 0.562. The Morgan fingerprint density at radius 2 is 2.00 bits per heavy atom. The largest absolute Gasteiger partial charge is 0.478 e. The summed E-state index contributed by atoms with van der Waals surface area (Å²) in [5.74, 6) is 0.206. The number of piperazine rings is 1. The van der Waals surface area contributed by atoms with Crippen molar-refractivity contribution in [2.75, 3.05) is 44.6 Å². The molecule has 3 N–H and O–H groups in total. The number of hydrogen-bond donors (Lipinski definition) is 3. The summed E-state index contributed by atoms with van der Waals surface area (Å²) in [5, 5.41) is 13.7. The van der Waals surface area contributed by atoms with Crippen LogP contribution in [0.1, 0.15) is 13.3 Å². The van der Waals surface area contributed by atoms with Crippen molar-refractivity contribution in [1.29, 1.82) is 0 Å². The molecule has 1 atom stereocenters. The van der Waals surface area contributed by atoms with E-state index in [1.54, 1.807) is 4.90 Å². The number of carbonyl (C=O) groups excluding carboxylic acids is 1. The van der Waals surface area contributed by atoms with Gasteiger partial charge in [-0.2, -0.15) is 0 Å². The highest BCUT2D eigenvalue weighted by Gasteiger charge is 2.31. The monoisotopic (exact) mass is 336 g/mol. The number of likely N-dealkylation sites (N-methyl/N-ethyl adjacent to an activating group) is 1. The smallest absolute Gasteiger partial charge is 0.273 e. The third-order valence-corrected chi connectivity index (χ3v) is 4.92. The lowest BCUT2D eigenvalue weighted by molar-refractivity contribution is -1.01. The van der Waals surface area contributed by atoms with E-state index in [2.05, 4.69) is 12.2 Å². The molecule has 2 heterocycles. The summed E-state index contributed by atoms with van der Waals surface area (Å²) >= 11 is 0. The molecule has 0 aromatic heterocycles. The maximum atomic E-state index is 12.2. The molecule has 8 heteroatoms. The van der Waals surface area contributed by atoms with E-state index in [0.29, 0.717) is 17.9 Å². The Kier molecular flexibility index (Phi) is 4.96. The first-order chi connectivity index (χ1) is 11.6. The highest BCUT2D eigenvalue weighted by atomic mass is 16.6. The molecule has 0 aliphatic carbocycles. The highest BCUT2D eigenvalue weighted by molar-refractivity contribution is 5.97. The van der Waals surface area contributed by atoms with Crippen molar-refractivity contribution in [3.8, 4) is 5.75 Å². The van der Waals surface area contributed by atoms with Crippen LogP contribution in [0.15, 0.2) is 18.2 Å². The van der Waals surface area contributed by atoms with Gasteiger partial charge in [-0.15, -0.1) is 0 Å². The molecule has 2 aliphatic heterocycles. The second kappa shape index (κ2) is 7.14. The van der Waals surface area contributed by atoms with Gasteiger partial charge in [-0.3, -0.25) is 14.9 Å². The van der Waals surface area contributed by atoms with Crippen molar-refractivity contribution in [3.63, 3.8) is 0 Å². The van der Waals surface area contributed by atoms with Gasteiger partial charge in [-0.25, -0.2) is 0 Å². The molecule has 8 nitrogen and oxygen atoms in total.